The van der Waals surface area contributed by atoms with Crippen molar-refractivity contribution in [1.82, 2.24) is 20.1 Å². The van der Waals surface area contributed by atoms with E-state index >= 15 is 0 Å². The largest absolute Gasteiger partial charge is 0.351 e. The second kappa shape index (κ2) is 5.08. The first kappa shape index (κ1) is 13.4. The van der Waals surface area contributed by atoms with Crippen molar-refractivity contribution in [3.8, 4) is 0 Å². The molecule has 3 N–H and O–H groups in total. The van der Waals surface area contributed by atoms with Gasteiger partial charge in [-0.3, -0.25) is 10.1 Å². The maximum absolute atomic E-state index is 11.7. The Morgan fingerprint density at radius 1 is 1.35 bits per heavy atom. The number of rotatable bonds is 5. The van der Waals surface area contributed by atoms with Crippen LogP contribution in [-0.4, -0.2) is 32.0 Å². The van der Waals surface area contributed by atoms with Crippen LogP contribution in [0.1, 0.15) is 50.4 Å². The number of amides is 3. The maximum Gasteiger partial charge on any atom is 0.318 e. The molecule has 1 atom stereocenters. The predicted octanol–water partition coefficient (Wildman–Crippen LogP) is 1.17. The Bertz CT molecular complexity index is 550. The Morgan fingerprint density at radius 3 is 2.60 bits per heavy atom. The molecule has 0 aliphatic heterocycles. The molecule has 2 aliphatic rings. The third-order valence-corrected chi connectivity index (χ3v) is 4.50. The van der Waals surface area contributed by atoms with Gasteiger partial charge in [-0.25, -0.2) is 4.79 Å². The van der Waals surface area contributed by atoms with E-state index in [2.05, 4.69) is 20.1 Å². The van der Waals surface area contributed by atoms with Gasteiger partial charge in [-0.05, 0) is 32.6 Å². The molecule has 1 unspecified atom stereocenters. The first-order valence-corrected chi connectivity index (χ1v) is 7.66. The number of aromatic nitrogens is 3. The molecule has 20 heavy (non-hydrogen) atoms. The molecule has 3 amide bonds. The number of hydrogen-bond donors (Lipinski definition) is 2. The molecule has 1 aromatic rings. The quantitative estimate of drug-likeness (QED) is 0.794. The van der Waals surface area contributed by atoms with Crippen LogP contribution in [0.3, 0.4) is 0 Å². The summed E-state index contributed by atoms with van der Waals surface area (Å²) < 4.78 is 2.18. The summed E-state index contributed by atoms with van der Waals surface area (Å²) >= 11 is 1.32. The monoisotopic (exact) mass is 295 g/mol. The minimum Gasteiger partial charge on any atom is -0.351 e. The lowest BCUT2D eigenvalue weighted by atomic mass is 10.4. The summed E-state index contributed by atoms with van der Waals surface area (Å²) in [5.74, 6) is 1.19. The molecular weight excluding hydrogens is 278 g/mol. The highest BCUT2D eigenvalue weighted by molar-refractivity contribution is 8.00. The molecule has 0 radical (unpaired) electrons. The van der Waals surface area contributed by atoms with Crippen LogP contribution in [0, 0.1) is 0 Å². The van der Waals surface area contributed by atoms with Gasteiger partial charge in [0.15, 0.2) is 5.16 Å². The van der Waals surface area contributed by atoms with E-state index in [1.165, 1.54) is 24.6 Å². The second-order valence-corrected chi connectivity index (χ2v) is 6.64. The molecule has 3 rings (SSSR count). The molecule has 7 nitrogen and oxygen atoms in total. The number of nitrogens with one attached hydrogen (secondary N) is 1. The summed E-state index contributed by atoms with van der Waals surface area (Å²) in [6, 6.07) is -0.348. The molecule has 0 spiro atoms. The number of urea groups is 1. The smallest absolute Gasteiger partial charge is 0.318 e. The van der Waals surface area contributed by atoms with Crippen LogP contribution in [0.2, 0.25) is 0 Å². The fourth-order valence-electron chi connectivity index (χ4n) is 2.10. The lowest BCUT2D eigenvalue weighted by Crippen LogP contribution is -2.39. The standard InChI is InChI=1S/C12H17N5O2S/c1-6(10(18)14-11(13)19)20-12-16-15-9(7-2-3-7)17(12)8-4-5-8/h6-8H,2-5H2,1H3,(H3,13,14,18,19). The lowest BCUT2D eigenvalue weighted by Gasteiger charge is -2.11. The van der Waals surface area contributed by atoms with Gasteiger partial charge in [-0.2, -0.15) is 0 Å². The van der Waals surface area contributed by atoms with Gasteiger partial charge >= 0.3 is 6.03 Å². The Hall–Kier alpha value is -1.57. The maximum atomic E-state index is 11.7. The molecule has 2 saturated carbocycles. The van der Waals surface area contributed by atoms with Crippen molar-refractivity contribution in [1.29, 1.82) is 0 Å². The number of carbonyl (C=O) groups is 2. The van der Waals surface area contributed by atoms with Crippen molar-refractivity contribution in [2.45, 2.75) is 55.0 Å². The molecule has 2 fully saturated rings. The Balaban J connectivity index is 1.73. The summed E-state index contributed by atoms with van der Waals surface area (Å²) in [5, 5.41) is 10.9. The highest BCUT2D eigenvalue weighted by atomic mass is 32.2. The van der Waals surface area contributed by atoms with Gasteiger partial charge in [0, 0.05) is 12.0 Å². The first-order valence-electron chi connectivity index (χ1n) is 6.78. The average molecular weight is 295 g/mol. The van der Waals surface area contributed by atoms with Crippen molar-refractivity contribution in [3.05, 3.63) is 5.82 Å². The highest BCUT2D eigenvalue weighted by Crippen LogP contribution is 2.46. The van der Waals surface area contributed by atoms with Gasteiger partial charge in [0.05, 0.1) is 5.25 Å². The summed E-state index contributed by atoms with van der Waals surface area (Å²) in [4.78, 5) is 22.4. The molecule has 2 aliphatic carbocycles. The van der Waals surface area contributed by atoms with Crippen LogP contribution in [0.15, 0.2) is 5.16 Å². The van der Waals surface area contributed by atoms with Crippen molar-refractivity contribution in [2.24, 2.45) is 5.73 Å². The SMILES string of the molecule is CC(Sc1nnc(C2CC2)n1C1CC1)C(=O)NC(N)=O. The van der Waals surface area contributed by atoms with Crippen LogP contribution in [0.25, 0.3) is 0 Å². The van der Waals surface area contributed by atoms with E-state index in [9.17, 15) is 9.59 Å². The number of primary amides is 1. The van der Waals surface area contributed by atoms with E-state index in [0.717, 1.165) is 23.8 Å². The molecule has 0 saturated heterocycles. The minimum atomic E-state index is -0.829. The first-order chi connectivity index (χ1) is 9.56. The number of hydrogen-bond acceptors (Lipinski definition) is 5. The van der Waals surface area contributed by atoms with E-state index in [1.54, 1.807) is 6.92 Å². The fraction of sp³-hybridized carbons (Fsp3) is 0.667. The molecule has 8 heteroatoms. The van der Waals surface area contributed by atoms with Gasteiger partial charge in [-0.15, -0.1) is 10.2 Å². The second-order valence-electron chi connectivity index (χ2n) is 5.33. The van der Waals surface area contributed by atoms with E-state index in [-0.39, 0.29) is 0 Å². The Kier molecular flexibility index (Phi) is 3.41. The number of imide groups is 1. The topological polar surface area (TPSA) is 103 Å². The number of nitrogens with zero attached hydrogens (tertiary/aromatic N) is 3. The highest BCUT2D eigenvalue weighted by Gasteiger charge is 2.37. The Labute approximate surface area is 120 Å². The van der Waals surface area contributed by atoms with Crippen LogP contribution >= 0.6 is 11.8 Å². The number of thioether (sulfide) groups is 1. The molecule has 0 aromatic carbocycles. The summed E-state index contributed by atoms with van der Waals surface area (Å²) in [5.41, 5.74) is 4.95. The van der Waals surface area contributed by atoms with Crippen molar-refractivity contribution >= 4 is 23.7 Å². The number of carbonyl (C=O) groups excluding carboxylic acids is 2. The third kappa shape index (κ3) is 2.79. The van der Waals surface area contributed by atoms with Gasteiger partial charge in [-0.1, -0.05) is 11.8 Å². The van der Waals surface area contributed by atoms with E-state index in [4.69, 9.17) is 5.73 Å². The van der Waals surface area contributed by atoms with Gasteiger partial charge in [0.2, 0.25) is 5.91 Å². The molecule has 1 heterocycles. The zero-order valence-electron chi connectivity index (χ0n) is 11.2. The van der Waals surface area contributed by atoms with Crippen molar-refractivity contribution in [2.75, 3.05) is 0 Å². The van der Waals surface area contributed by atoms with E-state index < -0.39 is 17.2 Å². The molecule has 0 bridgehead atoms. The molecular formula is C12H17N5O2S. The Morgan fingerprint density at radius 2 is 2.05 bits per heavy atom. The van der Waals surface area contributed by atoms with Gasteiger partial charge in [0.1, 0.15) is 5.82 Å². The minimum absolute atomic E-state index is 0.402. The summed E-state index contributed by atoms with van der Waals surface area (Å²) in [7, 11) is 0. The fourth-order valence-corrected chi connectivity index (χ4v) is 3.03. The normalized spacial score (nSPS) is 19.6. The third-order valence-electron chi connectivity index (χ3n) is 3.44. The average Bonchev–Trinajstić information content (AvgIpc) is 3.28. The zero-order chi connectivity index (χ0) is 14.3. The number of nitrogens with two attached hydrogens (primary N) is 1. The van der Waals surface area contributed by atoms with Gasteiger partial charge < -0.3 is 10.3 Å². The van der Waals surface area contributed by atoms with Crippen LogP contribution < -0.4 is 11.1 Å². The summed E-state index contributed by atoms with van der Waals surface area (Å²) in [6.07, 6.45) is 4.64. The van der Waals surface area contributed by atoms with Crippen molar-refractivity contribution < 1.29 is 9.59 Å². The van der Waals surface area contributed by atoms with Crippen LogP contribution in [-0.2, 0) is 4.79 Å². The van der Waals surface area contributed by atoms with Crippen molar-refractivity contribution in [3.63, 3.8) is 0 Å². The summed E-state index contributed by atoms with van der Waals surface area (Å²) in [6.45, 7) is 1.73. The molecule has 1 aromatic heterocycles. The van der Waals surface area contributed by atoms with Crippen LogP contribution in [0.4, 0.5) is 4.79 Å². The van der Waals surface area contributed by atoms with E-state index in [0.29, 0.717) is 12.0 Å². The predicted molar refractivity (Wildman–Crippen MR) is 73.3 cm³/mol. The van der Waals surface area contributed by atoms with Crippen LogP contribution in [0.5, 0.6) is 0 Å². The zero-order valence-corrected chi connectivity index (χ0v) is 12.0. The lowest BCUT2D eigenvalue weighted by molar-refractivity contribution is -0.119. The van der Waals surface area contributed by atoms with Gasteiger partial charge in [0.25, 0.3) is 0 Å². The molecule has 108 valence electrons. The van der Waals surface area contributed by atoms with E-state index in [1.807, 2.05) is 0 Å².